The minimum Gasteiger partial charge on any atom is -0.465 e. The van der Waals surface area contributed by atoms with Crippen molar-refractivity contribution in [1.82, 2.24) is 19.7 Å². The highest BCUT2D eigenvalue weighted by molar-refractivity contribution is 5.90. The molecule has 27 heavy (non-hydrogen) atoms. The third kappa shape index (κ3) is 3.74. The van der Waals surface area contributed by atoms with Crippen LogP contribution >= 0.6 is 0 Å². The summed E-state index contributed by atoms with van der Waals surface area (Å²) in [5.41, 5.74) is -0.148. The fourth-order valence-corrected chi connectivity index (χ4v) is 3.38. The Kier molecular flexibility index (Phi) is 5.33. The number of anilines is 1. The van der Waals surface area contributed by atoms with Crippen molar-refractivity contribution < 1.29 is 14.5 Å². The molecular weight excluding hydrogens is 352 g/mol. The van der Waals surface area contributed by atoms with Gasteiger partial charge < -0.3 is 14.2 Å². The van der Waals surface area contributed by atoms with Gasteiger partial charge in [-0.25, -0.2) is 9.78 Å². The molecule has 3 rings (SSSR count). The van der Waals surface area contributed by atoms with Gasteiger partial charge in [-0.05, 0) is 26.7 Å². The van der Waals surface area contributed by atoms with Crippen LogP contribution in [0, 0.1) is 10.1 Å². The predicted octanol–water partition coefficient (Wildman–Crippen LogP) is 2.33. The van der Waals surface area contributed by atoms with Crippen LogP contribution in [0.1, 0.15) is 54.8 Å². The van der Waals surface area contributed by atoms with Crippen LogP contribution in [-0.2, 0) is 4.74 Å². The van der Waals surface area contributed by atoms with E-state index in [9.17, 15) is 14.9 Å². The molecule has 0 N–H and O–H groups in total. The van der Waals surface area contributed by atoms with E-state index in [1.807, 2.05) is 9.47 Å². The average Bonchev–Trinajstić information content (AvgIpc) is 3.17. The minimum absolute atomic E-state index is 0.0565. The van der Waals surface area contributed by atoms with E-state index < -0.39 is 10.9 Å². The third-order valence-electron chi connectivity index (χ3n) is 4.71. The Labute approximate surface area is 156 Å². The molecule has 144 valence electrons. The third-order valence-corrected chi connectivity index (χ3v) is 4.71. The van der Waals surface area contributed by atoms with Crippen molar-refractivity contribution in [1.29, 1.82) is 0 Å². The number of hydrogen-bond donors (Lipinski definition) is 0. The van der Waals surface area contributed by atoms with E-state index in [2.05, 4.69) is 33.8 Å². The first-order valence-electron chi connectivity index (χ1n) is 8.79. The average molecular weight is 374 g/mol. The highest BCUT2D eigenvalue weighted by Gasteiger charge is 2.31. The Morgan fingerprint density at radius 1 is 1.44 bits per heavy atom. The van der Waals surface area contributed by atoms with E-state index in [0.717, 1.165) is 18.7 Å². The molecule has 0 saturated carbocycles. The van der Waals surface area contributed by atoms with Crippen molar-refractivity contribution in [3.05, 3.63) is 40.1 Å². The zero-order chi connectivity index (χ0) is 19.6. The van der Waals surface area contributed by atoms with E-state index in [1.165, 1.54) is 19.4 Å². The van der Waals surface area contributed by atoms with Crippen molar-refractivity contribution >= 4 is 17.5 Å². The van der Waals surface area contributed by atoms with Gasteiger partial charge in [-0.15, -0.1) is 10.2 Å². The number of piperidine rings is 1. The number of rotatable bonds is 5. The summed E-state index contributed by atoms with van der Waals surface area (Å²) >= 11 is 0. The topological polar surface area (TPSA) is 116 Å². The molecule has 0 amide bonds. The molecule has 0 aromatic carbocycles. The summed E-state index contributed by atoms with van der Waals surface area (Å²) < 4.78 is 6.65. The van der Waals surface area contributed by atoms with Crippen LogP contribution in [0.5, 0.6) is 0 Å². The van der Waals surface area contributed by atoms with Crippen LogP contribution in [0.2, 0.25) is 0 Å². The molecule has 1 unspecified atom stereocenters. The van der Waals surface area contributed by atoms with Crippen molar-refractivity contribution in [2.24, 2.45) is 0 Å². The van der Waals surface area contributed by atoms with Gasteiger partial charge in [0.05, 0.1) is 17.6 Å². The van der Waals surface area contributed by atoms with Crippen LogP contribution in [0.15, 0.2) is 18.6 Å². The Hall–Kier alpha value is -3.04. The maximum Gasteiger partial charge on any atom is 0.339 e. The van der Waals surface area contributed by atoms with Crippen LogP contribution in [0.25, 0.3) is 0 Å². The summed E-state index contributed by atoms with van der Waals surface area (Å²) in [4.78, 5) is 28.8. The maximum atomic E-state index is 11.7. The molecule has 3 heterocycles. The quantitative estimate of drug-likeness (QED) is 0.445. The minimum atomic E-state index is -0.654. The van der Waals surface area contributed by atoms with E-state index in [4.69, 9.17) is 0 Å². The summed E-state index contributed by atoms with van der Waals surface area (Å²) in [7, 11) is 1.22. The van der Waals surface area contributed by atoms with Crippen LogP contribution < -0.4 is 4.90 Å². The first-order chi connectivity index (χ1) is 12.9. The van der Waals surface area contributed by atoms with Crippen molar-refractivity contribution in [2.75, 3.05) is 25.1 Å². The Bertz CT molecular complexity index is 850. The van der Waals surface area contributed by atoms with Gasteiger partial charge in [0.15, 0.2) is 0 Å². The summed E-state index contributed by atoms with van der Waals surface area (Å²) in [6, 6.07) is 1.45. The maximum absolute atomic E-state index is 11.7. The fraction of sp³-hybridized carbons (Fsp3) is 0.529. The molecule has 1 atom stereocenters. The van der Waals surface area contributed by atoms with Gasteiger partial charge in [0.25, 0.3) is 0 Å². The van der Waals surface area contributed by atoms with Gasteiger partial charge >= 0.3 is 11.7 Å². The number of hydrogen-bond acceptors (Lipinski definition) is 8. The van der Waals surface area contributed by atoms with Gasteiger partial charge in [-0.1, -0.05) is 0 Å². The lowest BCUT2D eigenvalue weighted by Crippen LogP contribution is -2.36. The molecule has 10 heteroatoms. The van der Waals surface area contributed by atoms with E-state index >= 15 is 0 Å². The first-order valence-corrected chi connectivity index (χ1v) is 8.79. The monoisotopic (exact) mass is 374 g/mol. The fourth-order valence-electron chi connectivity index (χ4n) is 3.38. The number of esters is 1. The smallest absolute Gasteiger partial charge is 0.339 e. The second-order valence-corrected chi connectivity index (χ2v) is 6.79. The Morgan fingerprint density at radius 2 is 2.22 bits per heavy atom. The van der Waals surface area contributed by atoms with Gasteiger partial charge in [0.2, 0.25) is 5.82 Å². The standard InChI is InChI=1S/C17H22N6O4/c1-11(2)22-10-19-20-15(22)12-5-4-6-21(9-12)16-14(23(25)26)7-13(8-18-16)17(24)27-3/h7-8,10-12H,4-6,9H2,1-3H3. The number of aromatic nitrogens is 4. The summed E-state index contributed by atoms with van der Waals surface area (Å²) in [6.45, 7) is 5.32. The highest BCUT2D eigenvalue weighted by atomic mass is 16.6. The van der Waals surface area contributed by atoms with E-state index in [0.29, 0.717) is 13.1 Å². The zero-order valence-electron chi connectivity index (χ0n) is 15.5. The molecule has 0 radical (unpaired) electrons. The number of nitrogens with zero attached hydrogens (tertiary/aromatic N) is 6. The Morgan fingerprint density at radius 3 is 2.89 bits per heavy atom. The second kappa shape index (κ2) is 7.68. The largest absolute Gasteiger partial charge is 0.465 e. The second-order valence-electron chi connectivity index (χ2n) is 6.79. The van der Waals surface area contributed by atoms with Gasteiger partial charge in [-0.3, -0.25) is 10.1 Å². The molecule has 2 aromatic heterocycles. The molecule has 0 aliphatic carbocycles. The van der Waals surface area contributed by atoms with Gasteiger partial charge in [-0.2, -0.15) is 0 Å². The highest BCUT2D eigenvalue weighted by Crippen LogP contribution is 2.33. The number of methoxy groups -OCH3 is 1. The number of carbonyl (C=O) groups is 1. The molecule has 1 aliphatic rings. The zero-order valence-corrected chi connectivity index (χ0v) is 15.5. The van der Waals surface area contributed by atoms with Gasteiger partial charge in [0, 0.05) is 37.3 Å². The van der Waals surface area contributed by atoms with Crippen molar-refractivity contribution in [2.45, 2.75) is 38.6 Å². The lowest BCUT2D eigenvalue weighted by Gasteiger charge is -2.33. The predicted molar refractivity (Wildman–Crippen MR) is 96.8 cm³/mol. The summed E-state index contributed by atoms with van der Waals surface area (Å²) in [5.74, 6) is 0.584. The SMILES string of the molecule is COC(=O)c1cnc(N2CCCC(c3nncn3C(C)C)C2)c([N+](=O)[O-])c1. The molecular formula is C17H22N6O4. The number of nitro groups is 1. The van der Waals surface area contributed by atoms with Crippen molar-refractivity contribution in [3.63, 3.8) is 0 Å². The molecule has 0 bridgehead atoms. The number of ether oxygens (including phenoxy) is 1. The normalized spacial score (nSPS) is 17.2. The van der Waals surface area contributed by atoms with E-state index in [-0.39, 0.29) is 29.0 Å². The van der Waals surface area contributed by atoms with Crippen molar-refractivity contribution in [3.8, 4) is 0 Å². The lowest BCUT2D eigenvalue weighted by molar-refractivity contribution is -0.384. The van der Waals surface area contributed by atoms with Crippen LogP contribution in [0.4, 0.5) is 11.5 Å². The molecule has 2 aromatic rings. The molecule has 0 spiro atoms. The molecule has 1 saturated heterocycles. The lowest BCUT2D eigenvalue weighted by atomic mass is 9.96. The van der Waals surface area contributed by atoms with Gasteiger partial charge in [0.1, 0.15) is 12.2 Å². The number of carbonyl (C=O) groups excluding carboxylic acids is 1. The van der Waals surface area contributed by atoms with Crippen LogP contribution in [0.3, 0.4) is 0 Å². The Balaban J connectivity index is 1.91. The first kappa shape index (κ1) is 18.7. The summed E-state index contributed by atoms with van der Waals surface area (Å²) in [6.07, 6.45) is 4.81. The summed E-state index contributed by atoms with van der Waals surface area (Å²) in [5, 5.41) is 19.8. The van der Waals surface area contributed by atoms with E-state index in [1.54, 1.807) is 6.33 Å². The molecule has 1 aliphatic heterocycles. The van der Waals surface area contributed by atoms with Crippen LogP contribution in [-0.4, -0.2) is 50.8 Å². The molecule has 1 fully saturated rings. The number of pyridine rings is 1. The molecule has 10 nitrogen and oxygen atoms in total.